The lowest BCUT2D eigenvalue weighted by Crippen LogP contribution is -2.06. The van der Waals surface area contributed by atoms with Crippen molar-refractivity contribution in [2.24, 2.45) is 0 Å². The second-order valence-electron chi connectivity index (χ2n) is 2.68. The maximum absolute atomic E-state index is 11.0. The van der Waals surface area contributed by atoms with E-state index in [1.807, 2.05) is 0 Å². The quantitative estimate of drug-likeness (QED) is 0.427. The molecular weight excluding hydrogens is 194 g/mol. The van der Waals surface area contributed by atoms with E-state index in [-0.39, 0.29) is 5.76 Å². The lowest BCUT2D eigenvalue weighted by Gasteiger charge is -2.08. The van der Waals surface area contributed by atoms with Crippen LogP contribution in [0.25, 0.3) is 5.76 Å². The normalized spacial score (nSPS) is 9.13. The maximum Gasteiger partial charge on any atom is 0.373 e. The standard InChI is InChI=1S/C11H11NO3/c1-8(10-4-6-12-7-5-10)15-9(2)11(13)14-3/h4-7H,1-2H2,3H3. The average molecular weight is 205 g/mol. The summed E-state index contributed by atoms with van der Waals surface area (Å²) in [5.41, 5.74) is 0.732. The number of ether oxygens (including phenoxy) is 2. The smallest absolute Gasteiger partial charge is 0.373 e. The van der Waals surface area contributed by atoms with E-state index in [2.05, 4.69) is 22.9 Å². The Balaban J connectivity index is 2.65. The first-order valence-electron chi connectivity index (χ1n) is 4.19. The molecule has 0 aliphatic heterocycles. The molecule has 0 radical (unpaired) electrons. The van der Waals surface area contributed by atoms with Gasteiger partial charge in [-0.15, -0.1) is 0 Å². The largest absolute Gasteiger partial charge is 0.463 e. The SMILES string of the molecule is C=C(OC(=C)c1ccncc1)C(=O)OC. The van der Waals surface area contributed by atoms with Crippen molar-refractivity contribution in [3.63, 3.8) is 0 Å². The molecule has 0 saturated carbocycles. The Labute approximate surface area is 87.9 Å². The van der Waals surface area contributed by atoms with Crippen LogP contribution in [0.5, 0.6) is 0 Å². The highest BCUT2D eigenvalue weighted by Crippen LogP contribution is 2.15. The first kappa shape index (κ1) is 11.0. The van der Waals surface area contributed by atoms with Crippen molar-refractivity contribution in [1.82, 2.24) is 4.98 Å². The van der Waals surface area contributed by atoms with Crippen LogP contribution in [0, 0.1) is 0 Å². The number of aromatic nitrogens is 1. The number of esters is 1. The molecule has 15 heavy (non-hydrogen) atoms. The number of nitrogens with zero attached hydrogens (tertiary/aromatic N) is 1. The molecule has 1 aromatic heterocycles. The summed E-state index contributed by atoms with van der Waals surface area (Å²) in [6.45, 7) is 7.08. The van der Waals surface area contributed by atoms with Gasteiger partial charge in [0.1, 0.15) is 5.76 Å². The predicted molar refractivity (Wildman–Crippen MR) is 55.5 cm³/mol. The molecule has 0 aliphatic carbocycles. The third kappa shape index (κ3) is 2.95. The molecule has 0 N–H and O–H groups in total. The minimum atomic E-state index is -0.620. The Morgan fingerprint density at radius 3 is 2.47 bits per heavy atom. The second kappa shape index (κ2) is 4.95. The van der Waals surface area contributed by atoms with Gasteiger partial charge in [0.05, 0.1) is 7.11 Å². The number of hydrogen-bond acceptors (Lipinski definition) is 4. The van der Waals surface area contributed by atoms with Crippen molar-refractivity contribution in [2.45, 2.75) is 0 Å². The highest BCUT2D eigenvalue weighted by Gasteiger charge is 2.10. The lowest BCUT2D eigenvalue weighted by molar-refractivity contribution is -0.138. The van der Waals surface area contributed by atoms with Gasteiger partial charge in [-0.3, -0.25) is 4.98 Å². The molecule has 78 valence electrons. The summed E-state index contributed by atoms with van der Waals surface area (Å²) in [4.78, 5) is 14.8. The highest BCUT2D eigenvalue weighted by atomic mass is 16.6. The number of carbonyl (C=O) groups excluding carboxylic acids is 1. The Kier molecular flexibility index (Phi) is 3.62. The Bertz CT molecular complexity index is 384. The van der Waals surface area contributed by atoms with Gasteiger partial charge in [0.25, 0.3) is 0 Å². The van der Waals surface area contributed by atoms with E-state index < -0.39 is 5.97 Å². The molecule has 0 saturated heterocycles. The van der Waals surface area contributed by atoms with Crippen LogP contribution in [0.2, 0.25) is 0 Å². The lowest BCUT2D eigenvalue weighted by atomic mass is 10.2. The summed E-state index contributed by atoms with van der Waals surface area (Å²) < 4.78 is 9.53. The minimum absolute atomic E-state index is 0.0979. The molecule has 0 spiro atoms. The van der Waals surface area contributed by atoms with Crippen molar-refractivity contribution in [2.75, 3.05) is 7.11 Å². The Morgan fingerprint density at radius 2 is 1.93 bits per heavy atom. The first-order valence-corrected chi connectivity index (χ1v) is 4.19. The average Bonchev–Trinajstić information content (AvgIpc) is 2.29. The molecule has 0 aliphatic rings. The summed E-state index contributed by atoms with van der Waals surface area (Å²) in [5, 5.41) is 0. The summed E-state index contributed by atoms with van der Waals surface area (Å²) in [5.74, 6) is -0.391. The first-order chi connectivity index (χ1) is 7.15. The van der Waals surface area contributed by atoms with E-state index in [0.29, 0.717) is 5.76 Å². The van der Waals surface area contributed by atoms with Crippen LogP contribution in [-0.2, 0) is 14.3 Å². The molecular formula is C11H11NO3. The number of rotatable bonds is 4. The van der Waals surface area contributed by atoms with Gasteiger partial charge in [0.2, 0.25) is 5.76 Å². The Hall–Kier alpha value is -2.10. The van der Waals surface area contributed by atoms with Crippen molar-refractivity contribution < 1.29 is 14.3 Å². The van der Waals surface area contributed by atoms with Crippen LogP contribution >= 0.6 is 0 Å². The van der Waals surface area contributed by atoms with Crippen LogP contribution in [0.15, 0.2) is 43.4 Å². The van der Waals surface area contributed by atoms with Gasteiger partial charge in [0, 0.05) is 18.0 Å². The number of hydrogen-bond donors (Lipinski definition) is 0. The van der Waals surface area contributed by atoms with Crippen LogP contribution in [0.1, 0.15) is 5.56 Å². The second-order valence-corrected chi connectivity index (χ2v) is 2.68. The fourth-order valence-corrected chi connectivity index (χ4v) is 0.901. The van der Waals surface area contributed by atoms with E-state index in [1.54, 1.807) is 24.5 Å². The molecule has 4 heteroatoms. The summed E-state index contributed by atoms with van der Waals surface area (Å²) in [7, 11) is 1.26. The van der Waals surface area contributed by atoms with E-state index >= 15 is 0 Å². The van der Waals surface area contributed by atoms with Crippen molar-refractivity contribution >= 4 is 11.7 Å². The predicted octanol–water partition coefficient (Wildman–Crippen LogP) is 1.76. The van der Waals surface area contributed by atoms with Crippen LogP contribution in [-0.4, -0.2) is 18.1 Å². The number of pyridine rings is 1. The van der Waals surface area contributed by atoms with Gasteiger partial charge in [-0.2, -0.15) is 0 Å². The molecule has 0 bridgehead atoms. The topological polar surface area (TPSA) is 48.4 Å². The number of methoxy groups -OCH3 is 1. The molecule has 0 fully saturated rings. The molecule has 0 atom stereocenters. The zero-order chi connectivity index (χ0) is 11.3. The Morgan fingerprint density at radius 1 is 1.33 bits per heavy atom. The highest BCUT2D eigenvalue weighted by molar-refractivity contribution is 5.86. The van der Waals surface area contributed by atoms with Crippen LogP contribution < -0.4 is 0 Å². The van der Waals surface area contributed by atoms with E-state index in [9.17, 15) is 4.79 Å². The van der Waals surface area contributed by atoms with Crippen LogP contribution in [0.4, 0.5) is 0 Å². The summed E-state index contributed by atoms with van der Waals surface area (Å²) >= 11 is 0. The van der Waals surface area contributed by atoms with Gasteiger partial charge in [-0.05, 0) is 18.7 Å². The third-order valence-electron chi connectivity index (χ3n) is 1.66. The van der Waals surface area contributed by atoms with Crippen LogP contribution in [0.3, 0.4) is 0 Å². The number of carbonyl (C=O) groups is 1. The van der Waals surface area contributed by atoms with Gasteiger partial charge >= 0.3 is 5.97 Å². The van der Waals surface area contributed by atoms with Gasteiger partial charge in [-0.25, -0.2) is 4.79 Å². The van der Waals surface area contributed by atoms with E-state index in [4.69, 9.17) is 4.74 Å². The van der Waals surface area contributed by atoms with Gasteiger partial charge in [-0.1, -0.05) is 6.58 Å². The summed E-state index contributed by atoms with van der Waals surface area (Å²) in [6, 6.07) is 3.43. The monoisotopic (exact) mass is 205 g/mol. The molecule has 0 unspecified atom stereocenters. The molecule has 1 aromatic rings. The van der Waals surface area contributed by atoms with Crippen molar-refractivity contribution in [1.29, 1.82) is 0 Å². The third-order valence-corrected chi connectivity index (χ3v) is 1.66. The maximum atomic E-state index is 11.0. The van der Waals surface area contributed by atoms with E-state index in [0.717, 1.165) is 5.56 Å². The zero-order valence-corrected chi connectivity index (χ0v) is 8.40. The zero-order valence-electron chi connectivity index (χ0n) is 8.40. The summed E-state index contributed by atoms with van der Waals surface area (Å²) in [6.07, 6.45) is 3.20. The molecule has 1 heterocycles. The molecule has 0 amide bonds. The van der Waals surface area contributed by atoms with Gasteiger partial charge < -0.3 is 9.47 Å². The fourth-order valence-electron chi connectivity index (χ4n) is 0.901. The van der Waals surface area contributed by atoms with Gasteiger partial charge in [0.15, 0.2) is 0 Å². The van der Waals surface area contributed by atoms with Crippen molar-refractivity contribution in [3.05, 3.63) is 49.0 Å². The van der Waals surface area contributed by atoms with Crippen molar-refractivity contribution in [3.8, 4) is 0 Å². The van der Waals surface area contributed by atoms with E-state index in [1.165, 1.54) is 7.11 Å². The minimum Gasteiger partial charge on any atom is -0.463 e. The molecule has 0 aromatic carbocycles. The fraction of sp³-hybridized carbons (Fsp3) is 0.0909. The molecule has 1 rings (SSSR count). The molecule has 4 nitrogen and oxygen atoms in total.